The van der Waals surface area contributed by atoms with Crippen molar-refractivity contribution in [2.45, 2.75) is 39.0 Å². The summed E-state index contributed by atoms with van der Waals surface area (Å²) in [6.07, 6.45) is -4.52. The second-order valence-electron chi connectivity index (χ2n) is 4.73. The molecule has 1 aromatic carbocycles. The monoisotopic (exact) mass is 308 g/mol. The molecule has 0 aliphatic carbocycles. The lowest BCUT2D eigenvalue weighted by molar-refractivity contribution is -0.137. The molecule has 3 nitrogen and oxygen atoms in total. The van der Waals surface area contributed by atoms with Crippen molar-refractivity contribution in [2.24, 2.45) is 0 Å². The van der Waals surface area contributed by atoms with Crippen LogP contribution in [0.25, 0.3) is 0 Å². The first-order valence-corrected chi connectivity index (χ1v) is 6.42. The van der Waals surface area contributed by atoms with Crippen molar-refractivity contribution in [3.8, 4) is 0 Å². The molecule has 0 fully saturated rings. The average molecular weight is 309 g/mol. The number of urea groups is 1. The predicted octanol–water partition coefficient (Wildman–Crippen LogP) is 4.13. The number of alkyl halides is 3. The summed E-state index contributed by atoms with van der Waals surface area (Å²) in [6.45, 7) is 5.17. The fourth-order valence-corrected chi connectivity index (χ4v) is 1.84. The molecule has 0 heterocycles. The zero-order valence-corrected chi connectivity index (χ0v) is 12.1. The Balaban J connectivity index is 2.89. The maximum absolute atomic E-state index is 12.7. The van der Waals surface area contributed by atoms with Gasteiger partial charge in [0.25, 0.3) is 0 Å². The highest BCUT2D eigenvalue weighted by atomic mass is 35.5. The number of benzene rings is 1. The summed E-state index contributed by atoms with van der Waals surface area (Å²) in [5.41, 5.74) is -0.574. The number of rotatable bonds is 3. The van der Waals surface area contributed by atoms with Gasteiger partial charge >= 0.3 is 12.2 Å². The molecule has 0 aromatic heterocycles. The highest BCUT2D eigenvalue weighted by molar-refractivity contribution is 6.31. The van der Waals surface area contributed by atoms with E-state index in [9.17, 15) is 18.0 Å². The highest BCUT2D eigenvalue weighted by Crippen LogP contribution is 2.36. The zero-order valence-electron chi connectivity index (χ0n) is 11.3. The molecule has 2 amide bonds. The van der Waals surface area contributed by atoms with Gasteiger partial charge < -0.3 is 10.6 Å². The van der Waals surface area contributed by atoms with Gasteiger partial charge in [-0.15, -0.1) is 0 Å². The Bertz CT molecular complexity index is 489. The third-order valence-corrected chi connectivity index (χ3v) is 2.89. The van der Waals surface area contributed by atoms with Crippen molar-refractivity contribution in [3.63, 3.8) is 0 Å². The summed E-state index contributed by atoms with van der Waals surface area (Å²) in [5.74, 6) is 0. The molecule has 0 unspecified atom stereocenters. The number of carbonyl (C=O) groups is 1. The highest BCUT2D eigenvalue weighted by Gasteiger charge is 2.33. The SMILES string of the molecule is CC(C)NC(=O)N[C@H](C)c1ccc(Cl)c(C(F)(F)F)c1. The van der Waals surface area contributed by atoms with Gasteiger partial charge in [-0.2, -0.15) is 13.2 Å². The normalized spacial score (nSPS) is 13.2. The van der Waals surface area contributed by atoms with Crippen molar-refractivity contribution in [1.82, 2.24) is 10.6 Å². The van der Waals surface area contributed by atoms with E-state index in [2.05, 4.69) is 10.6 Å². The maximum atomic E-state index is 12.7. The smallest absolute Gasteiger partial charge is 0.336 e. The molecule has 2 N–H and O–H groups in total. The Morgan fingerprint density at radius 1 is 1.20 bits per heavy atom. The minimum Gasteiger partial charge on any atom is -0.336 e. The van der Waals surface area contributed by atoms with Crippen molar-refractivity contribution < 1.29 is 18.0 Å². The Kier molecular flexibility index (Phi) is 5.28. The van der Waals surface area contributed by atoms with Crippen LogP contribution in [0.2, 0.25) is 5.02 Å². The van der Waals surface area contributed by atoms with Gasteiger partial charge in [-0.1, -0.05) is 17.7 Å². The number of carbonyl (C=O) groups excluding carboxylic acids is 1. The summed E-state index contributed by atoms with van der Waals surface area (Å²) < 4.78 is 38.2. The molecule has 0 bridgehead atoms. The number of hydrogen-bond acceptors (Lipinski definition) is 1. The van der Waals surface area contributed by atoms with Gasteiger partial charge in [0.2, 0.25) is 0 Å². The lowest BCUT2D eigenvalue weighted by Gasteiger charge is -2.18. The summed E-state index contributed by atoms with van der Waals surface area (Å²) >= 11 is 5.54. The fraction of sp³-hybridized carbons (Fsp3) is 0.462. The van der Waals surface area contributed by atoms with Gasteiger partial charge in [0.15, 0.2) is 0 Å². The van der Waals surface area contributed by atoms with E-state index in [4.69, 9.17) is 11.6 Å². The number of hydrogen-bond donors (Lipinski definition) is 2. The largest absolute Gasteiger partial charge is 0.417 e. The predicted molar refractivity (Wildman–Crippen MR) is 71.7 cm³/mol. The first-order chi connectivity index (χ1) is 9.11. The van der Waals surface area contributed by atoms with E-state index < -0.39 is 23.8 Å². The van der Waals surface area contributed by atoms with Gasteiger partial charge in [-0.25, -0.2) is 4.79 Å². The lowest BCUT2D eigenvalue weighted by Crippen LogP contribution is -2.40. The van der Waals surface area contributed by atoms with Crippen LogP contribution in [-0.2, 0) is 6.18 Å². The van der Waals surface area contributed by atoms with Crippen LogP contribution in [0.3, 0.4) is 0 Å². The molecule has 0 aliphatic rings. The minimum absolute atomic E-state index is 0.0573. The van der Waals surface area contributed by atoms with E-state index in [1.807, 2.05) is 0 Å². The summed E-state index contributed by atoms with van der Waals surface area (Å²) in [6, 6.07) is 2.53. The van der Waals surface area contributed by atoms with Crippen LogP contribution >= 0.6 is 11.6 Å². The Hall–Kier alpha value is -1.43. The standard InChI is InChI=1S/C13H16ClF3N2O/c1-7(2)18-12(20)19-8(3)9-4-5-11(14)10(6-9)13(15,16)17/h4-8H,1-3H3,(H2,18,19,20)/t8-/m1/s1. The zero-order chi connectivity index (χ0) is 15.5. The first-order valence-electron chi connectivity index (χ1n) is 6.05. The van der Waals surface area contributed by atoms with Crippen molar-refractivity contribution >= 4 is 17.6 Å². The van der Waals surface area contributed by atoms with Gasteiger partial charge in [-0.05, 0) is 38.5 Å². The topological polar surface area (TPSA) is 41.1 Å². The van der Waals surface area contributed by atoms with Crippen LogP contribution in [0.5, 0.6) is 0 Å². The first kappa shape index (κ1) is 16.6. The molecular formula is C13H16ClF3N2O. The second-order valence-corrected chi connectivity index (χ2v) is 5.14. The molecule has 1 aromatic rings. The van der Waals surface area contributed by atoms with Gasteiger partial charge in [0, 0.05) is 6.04 Å². The average Bonchev–Trinajstić information content (AvgIpc) is 2.26. The third kappa shape index (κ3) is 4.59. The minimum atomic E-state index is -4.52. The maximum Gasteiger partial charge on any atom is 0.417 e. The van der Waals surface area contributed by atoms with E-state index >= 15 is 0 Å². The van der Waals surface area contributed by atoms with Crippen LogP contribution in [0, 0.1) is 0 Å². The molecule has 1 rings (SSSR count). The summed E-state index contributed by atoms with van der Waals surface area (Å²) in [4.78, 5) is 11.5. The quantitative estimate of drug-likeness (QED) is 0.866. The molecule has 1 atom stereocenters. The van der Waals surface area contributed by atoms with Crippen LogP contribution < -0.4 is 10.6 Å². The Morgan fingerprint density at radius 2 is 1.80 bits per heavy atom. The van der Waals surface area contributed by atoms with Crippen molar-refractivity contribution in [3.05, 3.63) is 34.3 Å². The molecule has 0 saturated heterocycles. The van der Waals surface area contributed by atoms with E-state index in [0.717, 1.165) is 6.07 Å². The third-order valence-electron chi connectivity index (χ3n) is 2.56. The molecule has 0 aliphatic heterocycles. The lowest BCUT2D eigenvalue weighted by atomic mass is 10.0. The number of nitrogens with one attached hydrogen (secondary N) is 2. The molecular weight excluding hydrogens is 293 g/mol. The van der Waals surface area contributed by atoms with Crippen LogP contribution in [0.4, 0.5) is 18.0 Å². The molecule has 0 radical (unpaired) electrons. The molecule has 20 heavy (non-hydrogen) atoms. The van der Waals surface area contributed by atoms with Crippen molar-refractivity contribution in [1.29, 1.82) is 0 Å². The van der Waals surface area contributed by atoms with Gasteiger partial charge in [0.1, 0.15) is 0 Å². The summed E-state index contributed by atoms with van der Waals surface area (Å²) in [5, 5.41) is 4.81. The Morgan fingerprint density at radius 3 is 2.30 bits per heavy atom. The van der Waals surface area contributed by atoms with E-state index in [0.29, 0.717) is 5.56 Å². The molecule has 7 heteroatoms. The number of halogens is 4. The summed E-state index contributed by atoms with van der Waals surface area (Å²) in [7, 11) is 0. The van der Waals surface area contributed by atoms with Crippen molar-refractivity contribution in [2.75, 3.05) is 0 Å². The molecule has 0 spiro atoms. The fourth-order valence-electron chi connectivity index (χ4n) is 1.61. The molecule has 112 valence electrons. The Labute approximate surface area is 120 Å². The second kappa shape index (κ2) is 6.35. The van der Waals surface area contributed by atoms with Crippen LogP contribution in [0.1, 0.15) is 37.9 Å². The van der Waals surface area contributed by atoms with Gasteiger partial charge in [0.05, 0.1) is 16.6 Å². The van der Waals surface area contributed by atoms with Crippen LogP contribution in [0.15, 0.2) is 18.2 Å². The van der Waals surface area contributed by atoms with Gasteiger partial charge in [-0.3, -0.25) is 0 Å². The van der Waals surface area contributed by atoms with E-state index in [1.165, 1.54) is 12.1 Å². The number of amides is 2. The van der Waals surface area contributed by atoms with E-state index in [1.54, 1.807) is 20.8 Å². The van der Waals surface area contributed by atoms with E-state index in [-0.39, 0.29) is 11.1 Å². The molecule has 0 saturated carbocycles. The van der Waals surface area contributed by atoms with Crippen LogP contribution in [-0.4, -0.2) is 12.1 Å².